The average molecular weight is 541 g/mol. The fraction of sp³-hybridized carbons (Fsp3) is 0.257. The van der Waals surface area contributed by atoms with Crippen molar-refractivity contribution in [3.63, 3.8) is 0 Å². The highest BCUT2D eigenvalue weighted by atomic mass is 15.2. The zero-order valence-electron chi connectivity index (χ0n) is 23.6. The quantitative estimate of drug-likeness (QED) is 0.211. The van der Waals surface area contributed by atoms with Crippen LogP contribution in [-0.4, -0.2) is 24.4 Å². The van der Waals surface area contributed by atoms with E-state index in [0.717, 1.165) is 55.9 Å². The van der Waals surface area contributed by atoms with Crippen LogP contribution in [0.15, 0.2) is 97.3 Å². The number of rotatable bonds is 9. The number of nitrogens with one attached hydrogen (secondary N) is 2. The molecule has 0 saturated heterocycles. The Morgan fingerprint density at radius 2 is 1.73 bits per heavy atom. The monoisotopic (exact) mass is 540 g/mol. The Bertz CT molecular complexity index is 1750. The summed E-state index contributed by atoms with van der Waals surface area (Å²) in [5.41, 5.74) is 9.92. The van der Waals surface area contributed by atoms with Crippen molar-refractivity contribution >= 4 is 21.9 Å². The van der Waals surface area contributed by atoms with Crippen LogP contribution in [0.2, 0.25) is 0 Å². The number of nitrogens with zero attached hydrogens (tertiary/aromatic N) is 4. The van der Waals surface area contributed by atoms with Crippen molar-refractivity contribution in [2.45, 2.75) is 51.5 Å². The van der Waals surface area contributed by atoms with Crippen molar-refractivity contribution < 1.29 is 0 Å². The number of para-hydroxylation sites is 3. The van der Waals surface area contributed by atoms with Crippen molar-refractivity contribution in [3.8, 4) is 0 Å². The van der Waals surface area contributed by atoms with Gasteiger partial charge in [-0.2, -0.15) is 0 Å². The van der Waals surface area contributed by atoms with Gasteiger partial charge in [-0.05, 0) is 65.8 Å². The van der Waals surface area contributed by atoms with Crippen LogP contribution >= 0.6 is 0 Å². The van der Waals surface area contributed by atoms with Gasteiger partial charge in [0.05, 0.1) is 29.3 Å². The molecule has 0 spiro atoms. The lowest BCUT2D eigenvalue weighted by atomic mass is 9.90. The maximum Gasteiger partial charge on any atom is 0.121 e. The van der Waals surface area contributed by atoms with Gasteiger partial charge in [0.1, 0.15) is 5.82 Å². The summed E-state index contributed by atoms with van der Waals surface area (Å²) in [6.07, 6.45) is 7.58. The molecule has 0 fully saturated rings. The van der Waals surface area contributed by atoms with Gasteiger partial charge in [-0.25, -0.2) is 4.98 Å². The number of imidazole rings is 1. The van der Waals surface area contributed by atoms with Gasteiger partial charge in [-0.3, -0.25) is 9.88 Å². The van der Waals surface area contributed by atoms with Crippen molar-refractivity contribution in [2.75, 3.05) is 0 Å². The number of aryl methyl sites for hydroxylation is 2. The van der Waals surface area contributed by atoms with Crippen LogP contribution in [0.1, 0.15) is 52.7 Å². The third-order valence-electron chi connectivity index (χ3n) is 8.43. The van der Waals surface area contributed by atoms with Gasteiger partial charge >= 0.3 is 0 Å². The summed E-state index contributed by atoms with van der Waals surface area (Å²) in [4.78, 5) is 15.9. The molecule has 1 aliphatic carbocycles. The molecule has 1 atom stereocenters. The number of benzene rings is 3. The summed E-state index contributed by atoms with van der Waals surface area (Å²) >= 11 is 0. The predicted octanol–water partition coefficient (Wildman–Crippen LogP) is 6.82. The minimum Gasteiger partial charge on any atom is -0.350 e. The number of fused-ring (bicyclic) bond motifs is 3. The number of hydrogen-bond donors (Lipinski definition) is 2. The van der Waals surface area contributed by atoms with E-state index in [1.165, 1.54) is 45.3 Å². The second kappa shape index (κ2) is 11.3. The highest BCUT2D eigenvalue weighted by molar-refractivity contribution is 5.83. The summed E-state index contributed by atoms with van der Waals surface area (Å²) in [6.45, 7) is 3.29. The highest BCUT2D eigenvalue weighted by Gasteiger charge is 2.28. The van der Waals surface area contributed by atoms with Gasteiger partial charge < -0.3 is 14.9 Å². The lowest BCUT2D eigenvalue weighted by Gasteiger charge is -2.34. The Hall–Kier alpha value is -4.26. The Balaban J connectivity index is 1.07. The third-order valence-corrected chi connectivity index (χ3v) is 8.43. The summed E-state index contributed by atoms with van der Waals surface area (Å²) in [5.74, 6) is 1.00. The molecule has 7 rings (SSSR count). The molecule has 0 radical (unpaired) electrons. The first-order valence-corrected chi connectivity index (χ1v) is 14.6. The number of aromatic nitrogens is 4. The highest BCUT2D eigenvalue weighted by Crippen LogP contribution is 2.34. The molecule has 3 heterocycles. The van der Waals surface area contributed by atoms with Crippen LogP contribution in [0.4, 0.5) is 0 Å². The lowest BCUT2D eigenvalue weighted by Crippen LogP contribution is -2.31. The maximum absolute atomic E-state index is 4.91. The molecule has 0 amide bonds. The van der Waals surface area contributed by atoms with Crippen LogP contribution in [0.3, 0.4) is 0 Å². The Morgan fingerprint density at radius 1 is 0.902 bits per heavy atom. The molecule has 6 heteroatoms. The molecule has 1 unspecified atom stereocenters. The largest absolute Gasteiger partial charge is 0.350 e. The molecule has 0 saturated carbocycles. The second-order valence-electron chi connectivity index (χ2n) is 11.3. The van der Waals surface area contributed by atoms with E-state index in [4.69, 9.17) is 9.97 Å². The minimum atomic E-state index is 0.273. The third kappa shape index (κ3) is 5.41. The molecule has 206 valence electrons. The summed E-state index contributed by atoms with van der Waals surface area (Å²) in [6, 6.07) is 30.5. The molecule has 1 aliphatic rings. The molecule has 6 nitrogen and oxygen atoms in total. The molecular formula is C35H36N6. The van der Waals surface area contributed by atoms with E-state index in [1.807, 2.05) is 12.3 Å². The Labute approximate surface area is 241 Å². The molecule has 3 aromatic heterocycles. The first-order chi connectivity index (χ1) is 20.2. The minimum absolute atomic E-state index is 0.273. The average Bonchev–Trinajstić information content (AvgIpc) is 3.57. The predicted molar refractivity (Wildman–Crippen MR) is 165 cm³/mol. The molecule has 2 N–H and O–H groups in total. The van der Waals surface area contributed by atoms with Gasteiger partial charge in [-0.15, -0.1) is 0 Å². The smallest absolute Gasteiger partial charge is 0.121 e. The van der Waals surface area contributed by atoms with E-state index in [0.29, 0.717) is 0 Å². The van der Waals surface area contributed by atoms with Crippen molar-refractivity contribution in [3.05, 3.63) is 131 Å². The topological polar surface area (TPSA) is 61.8 Å². The normalized spacial score (nSPS) is 15.1. The van der Waals surface area contributed by atoms with E-state index < -0.39 is 0 Å². The number of H-pyrrole nitrogens is 1. The van der Waals surface area contributed by atoms with E-state index in [2.05, 4.69) is 112 Å². The van der Waals surface area contributed by atoms with Gasteiger partial charge in [-0.1, -0.05) is 60.7 Å². The fourth-order valence-electron chi connectivity index (χ4n) is 6.39. The van der Waals surface area contributed by atoms with Gasteiger partial charge in [0.2, 0.25) is 0 Å². The van der Waals surface area contributed by atoms with E-state index in [9.17, 15) is 0 Å². The van der Waals surface area contributed by atoms with Crippen molar-refractivity contribution in [2.24, 2.45) is 7.05 Å². The summed E-state index contributed by atoms with van der Waals surface area (Å²) in [7, 11) is 2.12. The van der Waals surface area contributed by atoms with E-state index >= 15 is 0 Å². The van der Waals surface area contributed by atoms with Crippen LogP contribution < -0.4 is 5.32 Å². The Kier molecular flexibility index (Phi) is 7.09. The van der Waals surface area contributed by atoms with Crippen LogP contribution in [-0.2, 0) is 39.6 Å². The number of aromatic amines is 1. The van der Waals surface area contributed by atoms with Crippen LogP contribution in [0.5, 0.6) is 0 Å². The van der Waals surface area contributed by atoms with Gasteiger partial charge in [0, 0.05) is 50.0 Å². The molecule has 3 aromatic carbocycles. The van der Waals surface area contributed by atoms with Crippen LogP contribution in [0.25, 0.3) is 21.9 Å². The fourth-order valence-corrected chi connectivity index (χ4v) is 6.39. The second-order valence-corrected chi connectivity index (χ2v) is 11.3. The molecule has 0 aliphatic heterocycles. The SMILES string of the molecule is Cn1cc(CNCc2ccc(CN(Cc3nc4ccccc4[nH]3)C3CCCc4cccnc43)cc2)c2ccccc21. The van der Waals surface area contributed by atoms with E-state index in [1.54, 1.807) is 0 Å². The molecular weight excluding hydrogens is 504 g/mol. The zero-order valence-corrected chi connectivity index (χ0v) is 23.6. The van der Waals surface area contributed by atoms with Crippen molar-refractivity contribution in [1.82, 2.24) is 29.7 Å². The van der Waals surface area contributed by atoms with Gasteiger partial charge in [0.15, 0.2) is 0 Å². The summed E-state index contributed by atoms with van der Waals surface area (Å²) in [5, 5.41) is 4.97. The summed E-state index contributed by atoms with van der Waals surface area (Å²) < 4.78 is 2.21. The van der Waals surface area contributed by atoms with Crippen LogP contribution in [0, 0.1) is 0 Å². The standard InChI is InChI=1S/C35H36N6/c1-40-23-28(29-10-2-5-13-32(29)40)21-36-20-25-15-17-26(18-16-25)22-41(24-34-38-30-11-3-4-12-31(30)39-34)33-14-6-8-27-9-7-19-37-35(27)33/h2-5,7,9-13,15-19,23,33,36H,6,8,14,20-22,24H2,1H3,(H,38,39). The van der Waals surface area contributed by atoms with Crippen molar-refractivity contribution in [1.29, 1.82) is 0 Å². The lowest BCUT2D eigenvalue weighted by molar-refractivity contribution is 0.153. The first-order valence-electron chi connectivity index (χ1n) is 14.6. The number of hydrogen-bond acceptors (Lipinski definition) is 4. The first kappa shape index (κ1) is 25.7. The Morgan fingerprint density at radius 3 is 2.63 bits per heavy atom. The molecule has 0 bridgehead atoms. The molecule has 41 heavy (non-hydrogen) atoms. The zero-order chi connectivity index (χ0) is 27.6. The van der Waals surface area contributed by atoms with Gasteiger partial charge in [0.25, 0.3) is 0 Å². The van der Waals surface area contributed by atoms with E-state index in [-0.39, 0.29) is 6.04 Å². The number of pyridine rings is 1. The maximum atomic E-state index is 4.91. The molecule has 6 aromatic rings.